The van der Waals surface area contributed by atoms with Gasteiger partial charge in [-0.3, -0.25) is 14.6 Å². The lowest BCUT2D eigenvalue weighted by Gasteiger charge is -2.29. The minimum absolute atomic E-state index is 0.0771. The van der Waals surface area contributed by atoms with Gasteiger partial charge in [-0.2, -0.15) is 5.10 Å². The van der Waals surface area contributed by atoms with E-state index in [9.17, 15) is 9.90 Å². The SMILES string of the molecule is O=C(CCc1nc(Cl)n[nH]1)N1CCCn2nc([C@@H](O)C3CCC3)cc2C1. The Morgan fingerprint density at radius 2 is 2.23 bits per heavy atom. The average molecular weight is 379 g/mol. The van der Waals surface area contributed by atoms with Crippen LogP contribution in [-0.4, -0.2) is 47.4 Å². The summed E-state index contributed by atoms with van der Waals surface area (Å²) in [5, 5.41) is 21.7. The number of rotatable bonds is 5. The number of amides is 1. The second kappa shape index (κ2) is 7.36. The summed E-state index contributed by atoms with van der Waals surface area (Å²) >= 11 is 5.69. The average Bonchev–Trinajstić information content (AvgIpc) is 3.11. The first kappa shape index (κ1) is 17.5. The van der Waals surface area contributed by atoms with Crippen LogP contribution in [0.15, 0.2) is 6.07 Å². The summed E-state index contributed by atoms with van der Waals surface area (Å²) in [6.45, 7) is 2.01. The highest BCUT2D eigenvalue weighted by molar-refractivity contribution is 6.28. The summed E-state index contributed by atoms with van der Waals surface area (Å²) in [7, 11) is 0. The van der Waals surface area contributed by atoms with Crippen molar-refractivity contribution in [2.45, 2.75) is 57.7 Å². The first-order valence-electron chi connectivity index (χ1n) is 9.19. The van der Waals surface area contributed by atoms with E-state index in [0.717, 1.165) is 37.2 Å². The minimum Gasteiger partial charge on any atom is -0.386 e. The molecule has 1 fully saturated rings. The maximum absolute atomic E-state index is 12.6. The van der Waals surface area contributed by atoms with Crippen molar-refractivity contribution in [3.63, 3.8) is 0 Å². The summed E-state index contributed by atoms with van der Waals surface area (Å²) in [6, 6.07) is 1.96. The molecule has 0 spiro atoms. The van der Waals surface area contributed by atoms with Crippen LogP contribution < -0.4 is 0 Å². The van der Waals surface area contributed by atoms with Gasteiger partial charge in [-0.1, -0.05) is 6.42 Å². The van der Waals surface area contributed by atoms with Crippen molar-refractivity contribution in [2.24, 2.45) is 5.92 Å². The molecule has 26 heavy (non-hydrogen) atoms. The van der Waals surface area contributed by atoms with Crippen LogP contribution in [0.2, 0.25) is 5.28 Å². The third-order valence-corrected chi connectivity index (χ3v) is 5.53. The molecule has 3 heterocycles. The molecule has 2 aliphatic rings. The van der Waals surface area contributed by atoms with Crippen molar-refractivity contribution in [2.75, 3.05) is 6.54 Å². The smallest absolute Gasteiger partial charge is 0.242 e. The number of hydrogen-bond donors (Lipinski definition) is 2. The summed E-state index contributed by atoms with van der Waals surface area (Å²) in [5.41, 5.74) is 1.74. The number of aromatic nitrogens is 5. The largest absolute Gasteiger partial charge is 0.386 e. The van der Waals surface area contributed by atoms with Crippen LogP contribution >= 0.6 is 11.6 Å². The molecule has 4 rings (SSSR count). The second-order valence-corrected chi connectivity index (χ2v) is 7.48. The highest BCUT2D eigenvalue weighted by Gasteiger charge is 2.30. The van der Waals surface area contributed by atoms with Crippen LogP contribution in [0, 0.1) is 5.92 Å². The minimum atomic E-state index is -0.483. The zero-order valence-electron chi connectivity index (χ0n) is 14.6. The number of nitrogens with zero attached hydrogens (tertiary/aromatic N) is 5. The van der Waals surface area contributed by atoms with Gasteiger partial charge in [0.15, 0.2) is 0 Å². The fourth-order valence-corrected chi connectivity index (χ4v) is 3.75. The lowest BCUT2D eigenvalue weighted by atomic mass is 9.80. The number of nitrogens with one attached hydrogen (secondary N) is 1. The van der Waals surface area contributed by atoms with E-state index in [0.29, 0.717) is 37.7 Å². The zero-order chi connectivity index (χ0) is 18.1. The second-order valence-electron chi connectivity index (χ2n) is 7.14. The van der Waals surface area contributed by atoms with Crippen molar-refractivity contribution in [1.82, 2.24) is 29.9 Å². The molecule has 8 nitrogen and oxygen atoms in total. The molecule has 0 aromatic carbocycles. The Labute approximate surface area is 156 Å². The highest BCUT2D eigenvalue weighted by Crippen LogP contribution is 2.37. The Morgan fingerprint density at radius 1 is 1.38 bits per heavy atom. The molecule has 2 aromatic heterocycles. The lowest BCUT2D eigenvalue weighted by Crippen LogP contribution is -2.31. The highest BCUT2D eigenvalue weighted by atomic mass is 35.5. The van der Waals surface area contributed by atoms with Gasteiger partial charge >= 0.3 is 0 Å². The summed E-state index contributed by atoms with van der Waals surface area (Å²) in [6.07, 6.45) is 4.54. The number of aliphatic hydroxyl groups is 1. The fourth-order valence-electron chi connectivity index (χ4n) is 3.61. The van der Waals surface area contributed by atoms with Crippen LogP contribution in [0.4, 0.5) is 0 Å². The number of fused-ring (bicyclic) bond motifs is 1. The number of halogens is 1. The van der Waals surface area contributed by atoms with Crippen LogP contribution in [0.5, 0.6) is 0 Å². The van der Waals surface area contributed by atoms with Gasteiger partial charge in [0.25, 0.3) is 0 Å². The van der Waals surface area contributed by atoms with Crippen molar-refractivity contribution in [3.8, 4) is 0 Å². The molecule has 2 N–H and O–H groups in total. The molecule has 1 saturated carbocycles. The van der Waals surface area contributed by atoms with Gasteiger partial charge in [-0.25, -0.2) is 4.98 Å². The van der Waals surface area contributed by atoms with E-state index in [4.69, 9.17) is 11.6 Å². The predicted octanol–water partition coefficient (Wildman–Crippen LogP) is 1.85. The van der Waals surface area contributed by atoms with Gasteiger partial charge in [-0.15, -0.1) is 5.10 Å². The Kier molecular flexibility index (Phi) is 4.95. The van der Waals surface area contributed by atoms with Crippen molar-refractivity contribution >= 4 is 17.5 Å². The van der Waals surface area contributed by atoms with Crippen molar-refractivity contribution in [3.05, 3.63) is 28.6 Å². The summed E-state index contributed by atoms with van der Waals surface area (Å²) < 4.78 is 1.95. The Bertz CT molecular complexity index is 784. The molecular weight excluding hydrogens is 356 g/mol. The lowest BCUT2D eigenvalue weighted by molar-refractivity contribution is -0.131. The van der Waals surface area contributed by atoms with E-state index in [2.05, 4.69) is 20.3 Å². The van der Waals surface area contributed by atoms with E-state index in [1.165, 1.54) is 6.42 Å². The van der Waals surface area contributed by atoms with E-state index < -0.39 is 6.10 Å². The van der Waals surface area contributed by atoms with E-state index >= 15 is 0 Å². The Morgan fingerprint density at radius 3 is 2.92 bits per heavy atom. The number of aromatic amines is 1. The van der Waals surface area contributed by atoms with Gasteiger partial charge in [0.2, 0.25) is 11.2 Å². The quantitative estimate of drug-likeness (QED) is 0.827. The van der Waals surface area contributed by atoms with Crippen LogP contribution in [0.25, 0.3) is 0 Å². The van der Waals surface area contributed by atoms with E-state index in [-0.39, 0.29) is 11.2 Å². The van der Waals surface area contributed by atoms with E-state index in [1.807, 2.05) is 15.6 Å². The van der Waals surface area contributed by atoms with Crippen LogP contribution in [-0.2, 0) is 24.3 Å². The Hall–Kier alpha value is -1.93. The molecule has 0 unspecified atom stereocenters. The van der Waals surface area contributed by atoms with Gasteiger partial charge in [0.1, 0.15) is 11.9 Å². The number of aliphatic hydroxyl groups excluding tert-OH is 1. The van der Waals surface area contributed by atoms with Crippen molar-refractivity contribution < 1.29 is 9.90 Å². The molecule has 1 aliphatic heterocycles. The first-order chi connectivity index (χ1) is 12.6. The molecule has 1 aliphatic carbocycles. The molecule has 1 atom stereocenters. The summed E-state index contributed by atoms with van der Waals surface area (Å²) in [4.78, 5) is 18.5. The molecule has 1 amide bonds. The molecule has 2 aromatic rings. The van der Waals surface area contributed by atoms with Crippen LogP contribution in [0.3, 0.4) is 0 Å². The van der Waals surface area contributed by atoms with Gasteiger partial charge < -0.3 is 10.0 Å². The topological polar surface area (TPSA) is 99.9 Å². The number of carbonyl (C=O) groups excluding carboxylic acids is 1. The van der Waals surface area contributed by atoms with Gasteiger partial charge in [0, 0.05) is 25.9 Å². The molecule has 9 heteroatoms. The third kappa shape index (κ3) is 3.61. The van der Waals surface area contributed by atoms with E-state index in [1.54, 1.807) is 0 Å². The number of carbonyl (C=O) groups is 1. The zero-order valence-corrected chi connectivity index (χ0v) is 15.3. The fraction of sp³-hybridized carbons (Fsp3) is 0.647. The number of H-pyrrole nitrogens is 1. The standard InChI is InChI=1S/C17H23ClN6O2/c18-17-19-14(20-21-17)5-6-15(25)23-7-2-8-24-12(10-23)9-13(22-24)16(26)11-3-1-4-11/h9,11,16,26H,1-8,10H2,(H,19,20,21)/t16-/m0/s1. The predicted molar refractivity (Wildman–Crippen MR) is 94.3 cm³/mol. The van der Waals surface area contributed by atoms with Gasteiger partial charge in [0.05, 0.1) is 17.9 Å². The molecular formula is C17H23ClN6O2. The third-order valence-electron chi connectivity index (χ3n) is 5.37. The first-order valence-corrected chi connectivity index (χ1v) is 9.57. The number of aryl methyl sites for hydroxylation is 2. The molecule has 140 valence electrons. The normalized spacial score (nSPS) is 18.9. The maximum Gasteiger partial charge on any atom is 0.242 e. The molecule has 0 radical (unpaired) electrons. The maximum atomic E-state index is 12.6. The summed E-state index contributed by atoms with van der Waals surface area (Å²) in [5.74, 6) is 1.03. The molecule has 0 saturated heterocycles. The Balaban J connectivity index is 1.40. The van der Waals surface area contributed by atoms with Crippen LogP contribution in [0.1, 0.15) is 55.4 Å². The number of hydrogen-bond acceptors (Lipinski definition) is 5. The monoisotopic (exact) mass is 378 g/mol. The van der Waals surface area contributed by atoms with Gasteiger partial charge in [-0.05, 0) is 42.8 Å². The van der Waals surface area contributed by atoms with Crippen molar-refractivity contribution in [1.29, 1.82) is 0 Å². The molecule has 0 bridgehead atoms.